The van der Waals surface area contributed by atoms with Gasteiger partial charge in [-0.25, -0.2) is 13.1 Å². The molecule has 122 valence electrons. The zero-order chi connectivity index (χ0) is 16.4. The van der Waals surface area contributed by atoms with Gasteiger partial charge in [0.15, 0.2) is 5.75 Å². The minimum absolute atomic E-state index is 0.0124. The Morgan fingerprint density at radius 2 is 2.05 bits per heavy atom. The summed E-state index contributed by atoms with van der Waals surface area (Å²) in [5.41, 5.74) is 4.67. The van der Waals surface area contributed by atoms with Crippen molar-refractivity contribution in [2.24, 2.45) is 5.73 Å². The first-order valence-electron chi connectivity index (χ1n) is 6.90. The molecular weight excluding hydrogens is 310 g/mol. The molecule has 0 atom stereocenters. The van der Waals surface area contributed by atoms with E-state index in [0.29, 0.717) is 12.8 Å². The van der Waals surface area contributed by atoms with Gasteiger partial charge in [-0.1, -0.05) is 12.8 Å². The Morgan fingerprint density at radius 3 is 2.55 bits per heavy atom. The Bertz CT molecular complexity index is 668. The predicted molar refractivity (Wildman–Crippen MR) is 80.2 cm³/mol. The Kier molecular flexibility index (Phi) is 4.69. The number of benzene rings is 1. The van der Waals surface area contributed by atoms with Gasteiger partial charge in [-0.15, -0.1) is 0 Å². The van der Waals surface area contributed by atoms with Crippen LogP contribution in [0.15, 0.2) is 23.1 Å². The molecule has 1 fully saturated rings. The Morgan fingerprint density at radius 1 is 1.41 bits per heavy atom. The van der Waals surface area contributed by atoms with Crippen LogP contribution in [0.2, 0.25) is 0 Å². The van der Waals surface area contributed by atoms with E-state index in [0.717, 1.165) is 18.9 Å². The molecule has 1 saturated carbocycles. The highest BCUT2D eigenvalue weighted by atomic mass is 32.2. The number of hydrogen-bond acceptors (Lipinski definition) is 6. The molecule has 22 heavy (non-hydrogen) atoms. The van der Waals surface area contributed by atoms with Crippen molar-refractivity contribution in [1.29, 1.82) is 0 Å². The van der Waals surface area contributed by atoms with E-state index >= 15 is 0 Å². The molecule has 3 N–H and O–H groups in total. The number of methoxy groups -OCH3 is 1. The van der Waals surface area contributed by atoms with Gasteiger partial charge in [0.05, 0.1) is 16.9 Å². The fourth-order valence-electron chi connectivity index (χ4n) is 2.72. The van der Waals surface area contributed by atoms with Crippen LogP contribution in [-0.4, -0.2) is 32.5 Å². The highest BCUT2D eigenvalue weighted by molar-refractivity contribution is 7.89. The van der Waals surface area contributed by atoms with Crippen LogP contribution in [0.25, 0.3) is 0 Å². The highest BCUT2D eigenvalue weighted by Crippen LogP contribution is 2.33. The molecule has 9 heteroatoms. The summed E-state index contributed by atoms with van der Waals surface area (Å²) in [7, 11) is -2.60. The van der Waals surface area contributed by atoms with Crippen molar-refractivity contribution in [3.05, 3.63) is 28.3 Å². The van der Waals surface area contributed by atoms with Gasteiger partial charge in [-0.2, -0.15) is 0 Å². The van der Waals surface area contributed by atoms with Gasteiger partial charge in [-0.05, 0) is 25.0 Å². The molecule has 0 bridgehead atoms. The van der Waals surface area contributed by atoms with E-state index in [2.05, 4.69) is 4.72 Å². The van der Waals surface area contributed by atoms with Gasteiger partial charge in [-0.3, -0.25) is 10.1 Å². The monoisotopic (exact) mass is 329 g/mol. The molecule has 1 aliphatic rings. The Hall–Kier alpha value is -1.71. The molecule has 0 unspecified atom stereocenters. The van der Waals surface area contributed by atoms with Crippen molar-refractivity contribution in [3.8, 4) is 5.75 Å². The minimum atomic E-state index is -3.89. The third kappa shape index (κ3) is 3.21. The topological polar surface area (TPSA) is 125 Å². The van der Waals surface area contributed by atoms with E-state index < -0.39 is 26.2 Å². The molecule has 0 radical (unpaired) electrons. The molecule has 1 aromatic rings. The maximum atomic E-state index is 12.5. The molecule has 8 nitrogen and oxygen atoms in total. The molecule has 0 aromatic heterocycles. The average molecular weight is 329 g/mol. The van der Waals surface area contributed by atoms with Gasteiger partial charge < -0.3 is 10.5 Å². The lowest BCUT2D eigenvalue weighted by atomic mass is 10.0. The van der Waals surface area contributed by atoms with Gasteiger partial charge in [0.25, 0.3) is 0 Å². The maximum absolute atomic E-state index is 12.5. The van der Waals surface area contributed by atoms with E-state index in [4.69, 9.17) is 10.5 Å². The number of rotatable bonds is 6. The molecule has 0 heterocycles. The first-order valence-corrected chi connectivity index (χ1v) is 8.38. The summed E-state index contributed by atoms with van der Waals surface area (Å²) in [5, 5.41) is 11.0. The van der Waals surface area contributed by atoms with Gasteiger partial charge in [0.2, 0.25) is 10.0 Å². The second-order valence-electron chi connectivity index (χ2n) is 5.39. The van der Waals surface area contributed by atoms with E-state index in [1.807, 2.05) is 0 Å². The lowest BCUT2D eigenvalue weighted by Gasteiger charge is -2.28. The zero-order valence-electron chi connectivity index (χ0n) is 12.2. The molecule has 0 amide bonds. The summed E-state index contributed by atoms with van der Waals surface area (Å²) in [6, 6.07) is 3.56. The van der Waals surface area contributed by atoms with Crippen LogP contribution in [0.5, 0.6) is 5.75 Å². The van der Waals surface area contributed by atoms with Crippen molar-refractivity contribution in [2.75, 3.05) is 13.7 Å². The Labute approximate surface area is 128 Å². The van der Waals surface area contributed by atoms with E-state index in [-0.39, 0.29) is 17.2 Å². The zero-order valence-corrected chi connectivity index (χ0v) is 13.1. The third-order valence-electron chi connectivity index (χ3n) is 3.96. The quantitative estimate of drug-likeness (QED) is 0.596. The first kappa shape index (κ1) is 16.7. The van der Waals surface area contributed by atoms with Gasteiger partial charge >= 0.3 is 5.69 Å². The summed E-state index contributed by atoms with van der Waals surface area (Å²) < 4.78 is 32.5. The van der Waals surface area contributed by atoms with Crippen LogP contribution >= 0.6 is 0 Å². The summed E-state index contributed by atoms with van der Waals surface area (Å²) in [6.07, 6.45) is 3.15. The largest absolute Gasteiger partial charge is 0.490 e. The number of sulfonamides is 1. The summed E-state index contributed by atoms with van der Waals surface area (Å²) >= 11 is 0. The van der Waals surface area contributed by atoms with E-state index in [1.54, 1.807) is 0 Å². The first-order chi connectivity index (χ1) is 10.3. The number of nitrogens with zero attached hydrogens (tertiary/aromatic N) is 1. The van der Waals surface area contributed by atoms with Gasteiger partial charge in [0.1, 0.15) is 0 Å². The molecule has 1 aliphatic carbocycles. The lowest BCUT2D eigenvalue weighted by molar-refractivity contribution is -0.386. The van der Waals surface area contributed by atoms with Crippen LogP contribution in [-0.2, 0) is 10.0 Å². The van der Waals surface area contributed by atoms with E-state index in [9.17, 15) is 18.5 Å². The number of nitro groups is 1. The molecule has 0 saturated heterocycles. The number of nitrogens with two attached hydrogens (primary N) is 1. The smallest absolute Gasteiger partial charge is 0.312 e. The van der Waals surface area contributed by atoms with Crippen molar-refractivity contribution >= 4 is 15.7 Å². The van der Waals surface area contributed by atoms with E-state index in [1.165, 1.54) is 19.2 Å². The molecular formula is C13H19N3O5S. The van der Waals surface area contributed by atoms with Crippen molar-refractivity contribution in [3.63, 3.8) is 0 Å². The summed E-state index contributed by atoms with van der Waals surface area (Å²) in [4.78, 5) is 10.2. The lowest BCUT2D eigenvalue weighted by Crippen LogP contribution is -2.51. The summed E-state index contributed by atoms with van der Waals surface area (Å²) in [5.74, 6) is 0.0124. The Balaban J connectivity index is 2.37. The SMILES string of the molecule is COc1ccc(S(=O)(=O)NC2(CN)CCCC2)cc1[N+](=O)[O-]. The second kappa shape index (κ2) is 6.19. The van der Waals surface area contributed by atoms with Crippen molar-refractivity contribution in [2.45, 2.75) is 36.1 Å². The fraction of sp³-hybridized carbons (Fsp3) is 0.538. The number of hydrogen-bond donors (Lipinski definition) is 2. The normalized spacial score (nSPS) is 17.4. The predicted octanol–water partition coefficient (Wildman–Crippen LogP) is 1.15. The van der Waals surface area contributed by atoms with Crippen molar-refractivity contribution < 1.29 is 18.1 Å². The van der Waals surface area contributed by atoms with Crippen molar-refractivity contribution in [1.82, 2.24) is 4.72 Å². The third-order valence-corrected chi connectivity index (χ3v) is 5.54. The van der Waals surface area contributed by atoms with Crippen LogP contribution in [0.1, 0.15) is 25.7 Å². The van der Waals surface area contributed by atoms with Gasteiger partial charge in [0, 0.05) is 18.2 Å². The molecule has 2 rings (SSSR count). The minimum Gasteiger partial charge on any atom is -0.490 e. The number of ether oxygens (including phenoxy) is 1. The average Bonchev–Trinajstić information content (AvgIpc) is 2.94. The van der Waals surface area contributed by atoms with Crippen LogP contribution < -0.4 is 15.2 Å². The highest BCUT2D eigenvalue weighted by Gasteiger charge is 2.37. The standard InChI is InChI=1S/C13H19N3O5S/c1-21-12-5-4-10(8-11(12)16(17)18)22(19,20)15-13(9-14)6-2-3-7-13/h4-5,8,15H,2-3,6-7,9,14H2,1H3. The molecule has 0 aliphatic heterocycles. The summed E-state index contributed by atoms with van der Waals surface area (Å²) in [6.45, 7) is 0.199. The number of nitrogens with one attached hydrogen (secondary N) is 1. The second-order valence-corrected chi connectivity index (χ2v) is 7.07. The van der Waals surface area contributed by atoms with Crippen LogP contribution in [0.4, 0.5) is 5.69 Å². The molecule has 0 spiro atoms. The van der Waals surface area contributed by atoms with Crippen LogP contribution in [0, 0.1) is 10.1 Å². The number of nitro benzene ring substituents is 1. The fourth-order valence-corrected chi connectivity index (χ4v) is 4.21. The maximum Gasteiger partial charge on any atom is 0.312 e. The molecule has 1 aromatic carbocycles. The van der Waals surface area contributed by atoms with Crippen LogP contribution in [0.3, 0.4) is 0 Å².